The molecular formula is C13H27N3O4S. The van der Waals surface area contributed by atoms with Crippen molar-refractivity contribution in [3.63, 3.8) is 0 Å². The molecule has 0 amide bonds. The number of carbonyl (C=O) groups is 1. The molecule has 0 heterocycles. The van der Waals surface area contributed by atoms with Gasteiger partial charge in [0.25, 0.3) is 10.0 Å². The van der Waals surface area contributed by atoms with E-state index in [0.29, 0.717) is 13.0 Å². The van der Waals surface area contributed by atoms with Crippen molar-refractivity contribution in [2.45, 2.75) is 38.6 Å². The number of nitrogens with zero attached hydrogens (tertiary/aromatic N) is 2. The fourth-order valence-electron chi connectivity index (χ4n) is 1.53. The quantitative estimate of drug-likeness (QED) is 0.275. The molecule has 0 saturated carbocycles. The Morgan fingerprint density at radius 1 is 1.29 bits per heavy atom. The van der Waals surface area contributed by atoms with Crippen LogP contribution in [-0.4, -0.2) is 64.7 Å². The van der Waals surface area contributed by atoms with Crippen molar-refractivity contribution in [3.05, 3.63) is 0 Å². The van der Waals surface area contributed by atoms with Gasteiger partial charge in [0.1, 0.15) is 11.9 Å². The Morgan fingerprint density at radius 2 is 1.90 bits per heavy atom. The largest absolute Gasteiger partial charge is 0.468 e. The first-order valence-corrected chi connectivity index (χ1v) is 8.49. The van der Waals surface area contributed by atoms with Crippen LogP contribution >= 0.6 is 0 Å². The smallest absolute Gasteiger partial charge is 0.325 e. The van der Waals surface area contributed by atoms with E-state index < -0.39 is 15.6 Å². The molecule has 0 aliphatic heterocycles. The molecule has 0 aromatic carbocycles. The van der Waals surface area contributed by atoms with Gasteiger partial charge < -0.3 is 15.0 Å². The number of sulfonamides is 1. The van der Waals surface area contributed by atoms with Gasteiger partial charge in [-0.15, -0.1) is 0 Å². The summed E-state index contributed by atoms with van der Waals surface area (Å²) in [4.78, 5) is 13.0. The number of rotatable bonds is 10. The van der Waals surface area contributed by atoms with Crippen LogP contribution in [0.5, 0.6) is 0 Å². The van der Waals surface area contributed by atoms with E-state index in [9.17, 15) is 13.2 Å². The molecule has 0 aromatic rings. The third-order valence-corrected chi connectivity index (χ3v) is 4.00. The molecule has 0 spiro atoms. The van der Waals surface area contributed by atoms with Gasteiger partial charge in [-0.05, 0) is 33.2 Å². The minimum Gasteiger partial charge on any atom is -0.468 e. The average Bonchev–Trinajstić information content (AvgIpc) is 2.39. The number of esters is 1. The first-order valence-electron chi connectivity index (χ1n) is 6.89. The van der Waals surface area contributed by atoms with Crippen molar-refractivity contribution in [1.29, 1.82) is 0 Å². The number of hydrogen-bond acceptors (Lipinski definition) is 5. The lowest BCUT2D eigenvalue weighted by Gasteiger charge is -2.23. The van der Waals surface area contributed by atoms with Crippen LogP contribution in [0, 0.1) is 0 Å². The number of ether oxygens (including phenoxy) is 1. The molecule has 0 fully saturated rings. The lowest BCUT2D eigenvalue weighted by Crippen LogP contribution is -2.47. The van der Waals surface area contributed by atoms with Crippen LogP contribution in [0.25, 0.3) is 0 Å². The predicted molar refractivity (Wildman–Crippen MR) is 83.9 cm³/mol. The van der Waals surface area contributed by atoms with Crippen molar-refractivity contribution in [3.8, 4) is 0 Å². The molecule has 21 heavy (non-hydrogen) atoms. The third-order valence-electron chi connectivity index (χ3n) is 2.78. The number of carbonyl (C=O) groups excluding carboxylic acids is 1. The minimum absolute atomic E-state index is 0.0394. The minimum atomic E-state index is -3.38. The van der Waals surface area contributed by atoms with E-state index in [0.717, 1.165) is 12.8 Å². The molecule has 0 saturated heterocycles. The van der Waals surface area contributed by atoms with Gasteiger partial charge in [-0.2, -0.15) is 4.40 Å². The van der Waals surface area contributed by atoms with Gasteiger partial charge in [-0.1, -0.05) is 6.42 Å². The van der Waals surface area contributed by atoms with E-state index in [1.54, 1.807) is 32.8 Å². The highest BCUT2D eigenvalue weighted by Gasteiger charge is 2.27. The van der Waals surface area contributed by atoms with Crippen LogP contribution in [0.15, 0.2) is 4.40 Å². The van der Waals surface area contributed by atoms with Gasteiger partial charge in [0, 0.05) is 14.1 Å². The molecule has 8 heteroatoms. The molecule has 0 aromatic heterocycles. The topological polar surface area (TPSA) is 88.1 Å². The van der Waals surface area contributed by atoms with Crippen molar-refractivity contribution >= 4 is 22.3 Å². The van der Waals surface area contributed by atoms with E-state index in [1.807, 2.05) is 0 Å². The Bertz CT molecular complexity index is 444. The zero-order valence-electron chi connectivity index (χ0n) is 13.5. The van der Waals surface area contributed by atoms with Crippen molar-refractivity contribution < 1.29 is 17.9 Å². The summed E-state index contributed by atoms with van der Waals surface area (Å²) in [6, 6.07) is 0. The summed E-state index contributed by atoms with van der Waals surface area (Å²) in [6.07, 6.45) is 3.37. The van der Waals surface area contributed by atoms with E-state index in [-0.39, 0.29) is 11.7 Å². The molecule has 7 nitrogen and oxygen atoms in total. The lowest BCUT2D eigenvalue weighted by atomic mass is 10.1. The monoisotopic (exact) mass is 321 g/mol. The van der Waals surface area contributed by atoms with E-state index in [2.05, 4.69) is 14.5 Å². The summed E-state index contributed by atoms with van der Waals surface area (Å²) in [5, 5.41) is 3.09. The van der Waals surface area contributed by atoms with Crippen LogP contribution in [0.4, 0.5) is 0 Å². The molecule has 0 bridgehead atoms. The molecule has 0 radical (unpaired) electrons. The normalized spacial score (nSPS) is 12.6. The third kappa shape index (κ3) is 9.41. The highest BCUT2D eigenvalue weighted by Crippen LogP contribution is 2.06. The summed E-state index contributed by atoms with van der Waals surface area (Å²) < 4.78 is 31.3. The molecule has 124 valence electrons. The summed E-state index contributed by atoms with van der Waals surface area (Å²) >= 11 is 0. The molecule has 0 aliphatic carbocycles. The number of nitrogens with one attached hydrogen (secondary N) is 1. The number of unbranched alkanes of at least 4 members (excludes halogenated alkanes) is 2. The highest BCUT2D eigenvalue weighted by molar-refractivity contribution is 7.90. The van der Waals surface area contributed by atoms with Crippen LogP contribution < -0.4 is 5.32 Å². The zero-order chi connectivity index (χ0) is 16.5. The second-order valence-corrected chi connectivity index (χ2v) is 7.36. The SMILES string of the molecule is COC(=O)C(C)(C)NCCCCCS(=O)(=O)N=CN(C)C. The first-order chi connectivity index (χ1) is 9.60. The van der Waals surface area contributed by atoms with Gasteiger partial charge in [0.05, 0.1) is 12.9 Å². The Balaban J connectivity index is 3.90. The average molecular weight is 321 g/mol. The number of hydrogen-bond donors (Lipinski definition) is 1. The lowest BCUT2D eigenvalue weighted by molar-refractivity contribution is -0.147. The van der Waals surface area contributed by atoms with Gasteiger partial charge in [0.15, 0.2) is 0 Å². The molecule has 0 aliphatic rings. The van der Waals surface area contributed by atoms with Gasteiger partial charge >= 0.3 is 5.97 Å². The first kappa shape index (κ1) is 19.9. The summed E-state index contributed by atoms with van der Waals surface area (Å²) in [6.45, 7) is 4.13. The number of methoxy groups -OCH3 is 1. The predicted octanol–water partition coefficient (Wildman–Crippen LogP) is 0.618. The van der Waals surface area contributed by atoms with Gasteiger partial charge in [-0.25, -0.2) is 8.42 Å². The molecular weight excluding hydrogens is 294 g/mol. The standard InChI is InChI=1S/C13H27N3O4S/c1-13(2,12(17)20-5)14-9-7-6-8-10-21(18,19)15-11-16(3)4/h11,14H,6-10H2,1-5H3. The second kappa shape index (κ2) is 8.99. The highest BCUT2D eigenvalue weighted by atomic mass is 32.2. The van der Waals surface area contributed by atoms with E-state index >= 15 is 0 Å². The fraction of sp³-hybridized carbons (Fsp3) is 0.846. The van der Waals surface area contributed by atoms with Gasteiger partial charge in [0.2, 0.25) is 0 Å². The van der Waals surface area contributed by atoms with Crippen LogP contribution in [-0.2, 0) is 19.6 Å². The van der Waals surface area contributed by atoms with Crippen molar-refractivity contribution in [2.75, 3.05) is 33.5 Å². The summed E-state index contributed by atoms with van der Waals surface area (Å²) in [7, 11) is 1.41. The molecule has 0 unspecified atom stereocenters. The summed E-state index contributed by atoms with van der Waals surface area (Å²) in [5.74, 6) is -0.277. The van der Waals surface area contributed by atoms with Crippen LogP contribution in [0.2, 0.25) is 0 Å². The maximum Gasteiger partial charge on any atom is 0.325 e. The maximum absolute atomic E-state index is 11.6. The van der Waals surface area contributed by atoms with Crippen LogP contribution in [0.1, 0.15) is 33.1 Å². The fourth-order valence-corrected chi connectivity index (χ4v) is 2.54. The Hall–Kier alpha value is -1.15. The Kier molecular flexibility index (Phi) is 8.50. The molecule has 0 rings (SSSR count). The van der Waals surface area contributed by atoms with E-state index in [4.69, 9.17) is 0 Å². The zero-order valence-corrected chi connectivity index (χ0v) is 14.4. The molecule has 1 N–H and O–H groups in total. The second-order valence-electron chi connectivity index (χ2n) is 5.57. The van der Waals surface area contributed by atoms with Crippen molar-refractivity contribution in [1.82, 2.24) is 10.2 Å². The van der Waals surface area contributed by atoms with Crippen molar-refractivity contribution in [2.24, 2.45) is 4.40 Å². The Morgan fingerprint density at radius 3 is 2.43 bits per heavy atom. The van der Waals surface area contributed by atoms with E-state index in [1.165, 1.54) is 13.4 Å². The molecule has 0 atom stereocenters. The summed E-state index contributed by atoms with van der Waals surface area (Å²) in [5.41, 5.74) is -0.725. The van der Waals surface area contributed by atoms with Gasteiger partial charge in [-0.3, -0.25) is 4.79 Å². The maximum atomic E-state index is 11.6. The van der Waals surface area contributed by atoms with Crippen LogP contribution in [0.3, 0.4) is 0 Å². The Labute approximate surface area is 127 Å².